The van der Waals surface area contributed by atoms with E-state index < -0.39 is 0 Å². The van der Waals surface area contributed by atoms with Crippen molar-refractivity contribution in [3.8, 4) is 0 Å². The third-order valence-electron chi connectivity index (χ3n) is 3.89. The average molecular weight is 226 g/mol. The number of hydrogen-bond acceptors (Lipinski definition) is 4. The number of morpholine rings is 1. The van der Waals surface area contributed by atoms with E-state index in [1.165, 1.54) is 6.42 Å². The summed E-state index contributed by atoms with van der Waals surface area (Å²) in [4.78, 5) is 16.2. The summed E-state index contributed by atoms with van der Waals surface area (Å²) in [6, 6.07) is 0.719. The second-order valence-electron chi connectivity index (χ2n) is 4.87. The van der Waals surface area contributed by atoms with Gasteiger partial charge in [0.1, 0.15) is 5.78 Å². The van der Waals surface area contributed by atoms with Gasteiger partial charge in [0.05, 0.1) is 19.3 Å². The van der Waals surface area contributed by atoms with Crippen LogP contribution in [0.2, 0.25) is 0 Å². The lowest BCUT2D eigenvalue weighted by Gasteiger charge is -2.32. The number of rotatable bonds is 3. The quantitative estimate of drug-likeness (QED) is 0.696. The minimum absolute atomic E-state index is 0.0889. The molecule has 16 heavy (non-hydrogen) atoms. The van der Waals surface area contributed by atoms with Gasteiger partial charge in [-0.2, -0.15) is 0 Å². The summed E-state index contributed by atoms with van der Waals surface area (Å²) < 4.78 is 5.36. The maximum atomic E-state index is 11.3. The second kappa shape index (κ2) is 5.25. The van der Waals surface area contributed by atoms with Gasteiger partial charge in [-0.05, 0) is 20.3 Å². The van der Waals surface area contributed by atoms with Crippen LogP contribution in [0.5, 0.6) is 0 Å². The van der Waals surface area contributed by atoms with Crippen molar-refractivity contribution in [2.24, 2.45) is 0 Å². The van der Waals surface area contributed by atoms with Crippen molar-refractivity contribution < 1.29 is 9.53 Å². The van der Waals surface area contributed by atoms with Crippen LogP contribution in [0.1, 0.15) is 20.3 Å². The van der Waals surface area contributed by atoms with Gasteiger partial charge in [0.2, 0.25) is 0 Å². The maximum Gasteiger partial charge on any atom is 0.146 e. The van der Waals surface area contributed by atoms with E-state index in [2.05, 4.69) is 9.80 Å². The Labute approximate surface area is 97.5 Å². The molecule has 2 heterocycles. The largest absolute Gasteiger partial charge is 0.379 e. The lowest BCUT2D eigenvalue weighted by atomic mass is 10.2. The lowest BCUT2D eigenvalue weighted by molar-refractivity contribution is -0.121. The molecule has 2 unspecified atom stereocenters. The van der Waals surface area contributed by atoms with Crippen molar-refractivity contribution in [3.63, 3.8) is 0 Å². The van der Waals surface area contributed by atoms with E-state index in [-0.39, 0.29) is 11.8 Å². The van der Waals surface area contributed by atoms with E-state index in [0.717, 1.165) is 39.4 Å². The predicted molar refractivity (Wildman–Crippen MR) is 62.5 cm³/mol. The average Bonchev–Trinajstić information content (AvgIpc) is 2.78. The van der Waals surface area contributed by atoms with Crippen molar-refractivity contribution in [2.45, 2.75) is 32.4 Å². The summed E-state index contributed by atoms with van der Waals surface area (Å²) in [7, 11) is 0. The molecule has 0 aromatic rings. The molecule has 0 saturated carbocycles. The zero-order chi connectivity index (χ0) is 11.5. The molecule has 0 spiro atoms. The number of likely N-dealkylation sites (tertiary alicyclic amines) is 1. The van der Waals surface area contributed by atoms with Gasteiger partial charge in [-0.3, -0.25) is 14.6 Å². The monoisotopic (exact) mass is 226 g/mol. The van der Waals surface area contributed by atoms with E-state index in [1.807, 2.05) is 6.92 Å². The highest BCUT2D eigenvalue weighted by Crippen LogP contribution is 2.19. The Morgan fingerprint density at radius 3 is 2.62 bits per heavy atom. The number of carbonyl (C=O) groups is 1. The summed E-state index contributed by atoms with van der Waals surface area (Å²) in [5, 5.41) is 0. The van der Waals surface area contributed by atoms with Crippen LogP contribution in [0.3, 0.4) is 0 Å². The smallest absolute Gasteiger partial charge is 0.146 e. The number of hydrogen-bond donors (Lipinski definition) is 0. The molecular formula is C12H22N2O2. The minimum atomic E-state index is 0.0889. The molecule has 0 aliphatic carbocycles. The van der Waals surface area contributed by atoms with E-state index in [0.29, 0.717) is 6.04 Å². The van der Waals surface area contributed by atoms with Gasteiger partial charge in [0.25, 0.3) is 0 Å². The van der Waals surface area contributed by atoms with E-state index in [4.69, 9.17) is 4.74 Å². The van der Waals surface area contributed by atoms with Crippen molar-refractivity contribution in [2.75, 3.05) is 39.4 Å². The first-order chi connectivity index (χ1) is 7.68. The van der Waals surface area contributed by atoms with Gasteiger partial charge in [-0.15, -0.1) is 0 Å². The molecule has 2 fully saturated rings. The Balaban J connectivity index is 1.84. The van der Waals surface area contributed by atoms with E-state index in [9.17, 15) is 4.79 Å². The zero-order valence-electron chi connectivity index (χ0n) is 10.3. The minimum Gasteiger partial charge on any atom is -0.379 e. The van der Waals surface area contributed by atoms with Crippen LogP contribution in [0.15, 0.2) is 0 Å². The van der Waals surface area contributed by atoms with Gasteiger partial charge >= 0.3 is 0 Å². The van der Waals surface area contributed by atoms with Crippen LogP contribution in [0.25, 0.3) is 0 Å². The molecular weight excluding hydrogens is 204 g/mol. The van der Waals surface area contributed by atoms with E-state index >= 15 is 0 Å². The molecule has 92 valence electrons. The molecule has 2 rings (SSSR count). The van der Waals surface area contributed by atoms with E-state index in [1.54, 1.807) is 6.92 Å². The molecule has 0 bridgehead atoms. The third kappa shape index (κ3) is 2.62. The van der Waals surface area contributed by atoms with Crippen LogP contribution in [-0.2, 0) is 9.53 Å². The molecule has 0 aromatic heterocycles. The summed E-state index contributed by atoms with van der Waals surface area (Å²) in [6.45, 7) is 9.62. The first kappa shape index (κ1) is 12.0. The van der Waals surface area contributed by atoms with Gasteiger partial charge in [-0.1, -0.05) is 0 Å². The Morgan fingerprint density at radius 1 is 1.31 bits per heavy atom. The summed E-state index contributed by atoms with van der Waals surface area (Å²) >= 11 is 0. The third-order valence-corrected chi connectivity index (χ3v) is 3.89. The topological polar surface area (TPSA) is 32.8 Å². The lowest BCUT2D eigenvalue weighted by Crippen LogP contribution is -2.46. The number of ketones is 1. The van der Waals surface area contributed by atoms with Crippen LogP contribution < -0.4 is 0 Å². The van der Waals surface area contributed by atoms with Crippen molar-refractivity contribution >= 4 is 5.78 Å². The van der Waals surface area contributed by atoms with Gasteiger partial charge < -0.3 is 4.74 Å². The van der Waals surface area contributed by atoms with Gasteiger partial charge in [0.15, 0.2) is 0 Å². The standard InChI is InChI=1S/C12H22N2O2/c1-10(11(2)15)14-4-3-12(9-14)13-5-7-16-8-6-13/h10,12H,3-9H2,1-2H3. The SMILES string of the molecule is CC(=O)C(C)N1CCC(N2CCOCC2)C1. The fourth-order valence-electron chi connectivity index (χ4n) is 2.62. The molecule has 0 radical (unpaired) electrons. The number of carbonyl (C=O) groups excluding carboxylic acids is 1. The molecule has 2 atom stereocenters. The molecule has 0 amide bonds. The Hall–Kier alpha value is -0.450. The summed E-state index contributed by atoms with van der Waals surface area (Å²) in [5.41, 5.74) is 0. The molecule has 4 nitrogen and oxygen atoms in total. The highest BCUT2D eigenvalue weighted by molar-refractivity contribution is 5.80. The molecule has 0 N–H and O–H groups in total. The molecule has 2 aliphatic heterocycles. The van der Waals surface area contributed by atoms with Crippen molar-refractivity contribution in [1.82, 2.24) is 9.80 Å². The highest BCUT2D eigenvalue weighted by Gasteiger charge is 2.31. The molecule has 2 saturated heterocycles. The Kier molecular flexibility index (Phi) is 3.95. The number of ether oxygens (including phenoxy) is 1. The Bertz CT molecular complexity index is 251. The molecule has 0 aromatic carbocycles. The fourth-order valence-corrected chi connectivity index (χ4v) is 2.62. The summed E-state index contributed by atoms with van der Waals surface area (Å²) in [5.74, 6) is 0.280. The van der Waals surface area contributed by atoms with Crippen LogP contribution in [0.4, 0.5) is 0 Å². The van der Waals surface area contributed by atoms with Gasteiger partial charge in [0, 0.05) is 32.2 Å². The normalized spacial score (nSPS) is 30.5. The second-order valence-corrected chi connectivity index (χ2v) is 4.87. The van der Waals surface area contributed by atoms with Crippen LogP contribution >= 0.6 is 0 Å². The fraction of sp³-hybridized carbons (Fsp3) is 0.917. The number of nitrogens with zero attached hydrogens (tertiary/aromatic N) is 2. The highest BCUT2D eigenvalue weighted by atomic mass is 16.5. The van der Waals surface area contributed by atoms with Crippen molar-refractivity contribution in [1.29, 1.82) is 0 Å². The van der Waals surface area contributed by atoms with Crippen molar-refractivity contribution in [3.05, 3.63) is 0 Å². The van der Waals surface area contributed by atoms with Crippen LogP contribution in [0, 0.1) is 0 Å². The number of Topliss-reactive ketones (excluding diaryl/α,β-unsaturated/α-hetero) is 1. The van der Waals surface area contributed by atoms with Crippen LogP contribution in [-0.4, -0.2) is 67.1 Å². The zero-order valence-corrected chi connectivity index (χ0v) is 10.3. The Morgan fingerprint density at radius 2 is 2.00 bits per heavy atom. The maximum absolute atomic E-state index is 11.3. The first-order valence-corrected chi connectivity index (χ1v) is 6.25. The summed E-state index contributed by atoms with van der Waals surface area (Å²) in [6.07, 6.45) is 1.19. The van der Waals surface area contributed by atoms with Gasteiger partial charge in [-0.25, -0.2) is 0 Å². The predicted octanol–water partition coefficient (Wildman–Crippen LogP) is 0.370. The molecule has 4 heteroatoms. The first-order valence-electron chi connectivity index (χ1n) is 6.25. The molecule has 2 aliphatic rings.